The molecule has 0 spiro atoms. The van der Waals surface area contributed by atoms with Crippen LogP contribution in [0.15, 0.2) is 6.07 Å². The van der Waals surface area contributed by atoms with Gasteiger partial charge in [-0.25, -0.2) is 4.98 Å². The average Bonchev–Trinajstić information content (AvgIpc) is 2.26. The summed E-state index contributed by atoms with van der Waals surface area (Å²) in [5.74, 6) is 2.20. The van der Waals surface area contributed by atoms with Crippen molar-refractivity contribution in [2.45, 2.75) is 41.0 Å². The summed E-state index contributed by atoms with van der Waals surface area (Å²) in [6, 6.07) is 1.85. The van der Waals surface area contributed by atoms with Crippen molar-refractivity contribution < 1.29 is 4.74 Å². The fraction of sp³-hybridized carbons (Fsp3) is 0.692. The smallest absolute Gasteiger partial charge is 0.218 e. The maximum atomic E-state index is 5.39. The zero-order chi connectivity index (χ0) is 12.9. The second-order valence-corrected chi connectivity index (χ2v) is 4.94. The van der Waals surface area contributed by atoms with Crippen molar-refractivity contribution in [3.05, 3.63) is 11.9 Å². The summed E-state index contributed by atoms with van der Waals surface area (Å²) < 4.78 is 5.39. The Labute approximate surface area is 104 Å². The van der Waals surface area contributed by atoms with E-state index in [9.17, 15) is 0 Å². The zero-order valence-electron chi connectivity index (χ0n) is 11.5. The lowest BCUT2D eigenvalue weighted by atomic mass is 9.90. The van der Waals surface area contributed by atoms with E-state index in [-0.39, 0.29) is 5.41 Å². The van der Waals surface area contributed by atoms with E-state index < -0.39 is 0 Å². The quantitative estimate of drug-likeness (QED) is 0.826. The maximum Gasteiger partial charge on any atom is 0.218 e. The first-order chi connectivity index (χ1) is 7.96. The first kappa shape index (κ1) is 13.7. The predicted molar refractivity (Wildman–Crippen MR) is 70.5 cm³/mol. The lowest BCUT2D eigenvalue weighted by molar-refractivity contribution is 0.325. The third-order valence-electron chi connectivity index (χ3n) is 2.81. The van der Waals surface area contributed by atoms with E-state index in [4.69, 9.17) is 4.74 Å². The second kappa shape index (κ2) is 5.84. The molecular weight excluding hydrogens is 214 g/mol. The lowest BCUT2D eigenvalue weighted by Gasteiger charge is -2.23. The molecule has 4 heteroatoms. The number of ether oxygens (including phenoxy) is 1. The van der Waals surface area contributed by atoms with Crippen LogP contribution in [0.4, 0.5) is 5.82 Å². The zero-order valence-corrected chi connectivity index (χ0v) is 11.5. The van der Waals surface area contributed by atoms with E-state index in [1.54, 1.807) is 0 Å². The Kier molecular flexibility index (Phi) is 4.73. The normalized spacial score (nSPS) is 11.4. The number of aryl methyl sites for hydroxylation is 1. The SMILES string of the molecule is CCOc1cc(NCC(C)(C)CC)nc(C)n1. The van der Waals surface area contributed by atoms with Gasteiger partial charge in [-0.3, -0.25) is 0 Å². The van der Waals surface area contributed by atoms with Gasteiger partial charge in [0, 0.05) is 12.6 Å². The van der Waals surface area contributed by atoms with Crippen molar-refractivity contribution >= 4 is 5.82 Å². The third-order valence-corrected chi connectivity index (χ3v) is 2.81. The summed E-state index contributed by atoms with van der Waals surface area (Å²) in [5, 5.41) is 3.34. The van der Waals surface area contributed by atoms with E-state index in [0.717, 1.165) is 24.6 Å². The van der Waals surface area contributed by atoms with Crippen molar-refractivity contribution in [1.82, 2.24) is 9.97 Å². The van der Waals surface area contributed by atoms with Crippen LogP contribution < -0.4 is 10.1 Å². The van der Waals surface area contributed by atoms with Crippen molar-refractivity contribution in [1.29, 1.82) is 0 Å². The molecule has 0 aliphatic heterocycles. The highest BCUT2D eigenvalue weighted by molar-refractivity contribution is 5.38. The fourth-order valence-electron chi connectivity index (χ4n) is 1.31. The van der Waals surface area contributed by atoms with E-state index in [1.165, 1.54) is 0 Å². The van der Waals surface area contributed by atoms with Crippen LogP contribution in [0.2, 0.25) is 0 Å². The number of hydrogen-bond acceptors (Lipinski definition) is 4. The van der Waals surface area contributed by atoms with E-state index >= 15 is 0 Å². The average molecular weight is 237 g/mol. The van der Waals surface area contributed by atoms with Crippen LogP contribution in [-0.2, 0) is 0 Å². The summed E-state index contributed by atoms with van der Waals surface area (Å²) >= 11 is 0. The molecule has 0 amide bonds. The van der Waals surface area contributed by atoms with Gasteiger partial charge in [-0.15, -0.1) is 0 Å². The molecule has 0 aromatic carbocycles. The molecule has 0 saturated carbocycles. The standard InChI is InChI=1S/C13H23N3O/c1-6-13(4,5)9-14-11-8-12(17-7-2)16-10(3)15-11/h8H,6-7,9H2,1-5H3,(H,14,15,16). The highest BCUT2D eigenvalue weighted by atomic mass is 16.5. The molecule has 1 N–H and O–H groups in total. The Balaban J connectivity index is 2.70. The fourth-order valence-corrected chi connectivity index (χ4v) is 1.31. The van der Waals surface area contributed by atoms with Gasteiger partial charge in [0.2, 0.25) is 5.88 Å². The monoisotopic (exact) mass is 237 g/mol. The number of nitrogens with zero attached hydrogens (tertiary/aromatic N) is 2. The molecule has 4 nitrogen and oxygen atoms in total. The summed E-state index contributed by atoms with van der Waals surface area (Å²) in [6.07, 6.45) is 1.13. The van der Waals surface area contributed by atoms with Crippen molar-refractivity contribution in [3.8, 4) is 5.88 Å². The summed E-state index contributed by atoms with van der Waals surface area (Å²) in [5.41, 5.74) is 0.268. The van der Waals surface area contributed by atoms with Crippen molar-refractivity contribution in [2.24, 2.45) is 5.41 Å². The molecule has 1 aromatic heterocycles. The number of anilines is 1. The van der Waals surface area contributed by atoms with Gasteiger partial charge < -0.3 is 10.1 Å². The van der Waals surface area contributed by atoms with Crippen LogP contribution >= 0.6 is 0 Å². The van der Waals surface area contributed by atoms with Crippen LogP contribution in [0.25, 0.3) is 0 Å². The lowest BCUT2D eigenvalue weighted by Crippen LogP contribution is -2.22. The van der Waals surface area contributed by atoms with Crippen LogP contribution in [0.3, 0.4) is 0 Å². The summed E-state index contributed by atoms with van der Waals surface area (Å²) in [4.78, 5) is 8.57. The third kappa shape index (κ3) is 4.59. The van der Waals surface area contributed by atoms with Gasteiger partial charge in [0.05, 0.1) is 6.61 Å². The van der Waals surface area contributed by atoms with Gasteiger partial charge in [-0.05, 0) is 25.7 Å². The molecule has 0 atom stereocenters. The molecule has 0 fully saturated rings. The minimum atomic E-state index is 0.268. The molecule has 17 heavy (non-hydrogen) atoms. The Bertz CT molecular complexity index is 364. The molecule has 1 aromatic rings. The van der Waals surface area contributed by atoms with Crippen molar-refractivity contribution in [3.63, 3.8) is 0 Å². The number of nitrogens with one attached hydrogen (secondary N) is 1. The Hall–Kier alpha value is -1.32. The maximum absolute atomic E-state index is 5.39. The minimum Gasteiger partial charge on any atom is -0.478 e. The van der Waals surface area contributed by atoms with Crippen LogP contribution in [0, 0.1) is 12.3 Å². The topological polar surface area (TPSA) is 47.0 Å². The molecule has 0 aliphatic rings. The highest BCUT2D eigenvalue weighted by Crippen LogP contribution is 2.21. The van der Waals surface area contributed by atoms with Crippen LogP contribution in [-0.4, -0.2) is 23.1 Å². The van der Waals surface area contributed by atoms with Gasteiger partial charge in [0.1, 0.15) is 11.6 Å². The van der Waals surface area contributed by atoms with Crippen LogP contribution in [0.5, 0.6) is 5.88 Å². The Morgan fingerprint density at radius 3 is 2.59 bits per heavy atom. The molecular formula is C13H23N3O. The number of rotatable bonds is 6. The van der Waals surface area contributed by atoms with E-state index in [2.05, 4.69) is 36.1 Å². The highest BCUT2D eigenvalue weighted by Gasteiger charge is 2.15. The first-order valence-corrected chi connectivity index (χ1v) is 6.19. The van der Waals surface area contributed by atoms with E-state index in [1.807, 2.05) is 19.9 Å². The minimum absolute atomic E-state index is 0.268. The van der Waals surface area contributed by atoms with Gasteiger partial charge >= 0.3 is 0 Å². The van der Waals surface area contributed by atoms with Gasteiger partial charge in [-0.1, -0.05) is 20.8 Å². The second-order valence-electron chi connectivity index (χ2n) is 4.94. The molecule has 96 valence electrons. The number of hydrogen-bond donors (Lipinski definition) is 1. The molecule has 0 aliphatic carbocycles. The molecule has 1 rings (SSSR count). The van der Waals surface area contributed by atoms with Crippen molar-refractivity contribution in [2.75, 3.05) is 18.5 Å². The van der Waals surface area contributed by atoms with Gasteiger partial charge in [0.15, 0.2) is 0 Å². The molecule has 1 heterocycles. The summed E-state index contributed by atoms with van der Waals surface area (Å²) in [7, 11) is 0. The first-order valence-electron chi connectivity index (χ1n) is 6.19. The van der Waals surface area contributed by atoms with Gasteiger partial charge in [0.25, 0.3) is 0 Å². The predicted octanol–water partition coefficient (Wildman–Crippen LogP) is 3.03. The molecule has 0 saturated heterocycles. The molecule has 0 unspecified atom stereocenters. The summed E-state index contributed by atoms with van der Waals surface area (Å²) in [6.45, 7) is 12.0. The van der Waals surface area contributed by atoms with Gasteiger partial charge in [-0.2, -0.15) is 4.98 Å². The van der Waals surface area contributed by atoms with E-state index in [0.29, 0.717) is 12.5 Å². The molecule has 0 bridgehead atoms. The Morgan fingerprint density at radius 1 is 1.29 bits per heavy atom. The van der Waals surface area contributed by atoms with Crippen LogP contribution in [0.1, 0.15) is 39.9 Å². The number of aromatic nitrogens is 2. The molecule has 0 radical (unpaired) electrons. The Morgan fingerprint density at radius 2 is 2.00 bits per heavy atom. The largest absolute Gasteiger partial charge is 0.478 e.